The number of benzene rings is 2. The number of hydrazone groups is 1. The van der Waals surface area contributed by atoms with E-state index in [1.54, 1.807) is 19.1 Å². The lowest BCUT2D eigenvalue weighted by atomic mass is 10.2. The summed E-state index contributed by atoms with van der Waals surface area (Å²) < 4.78 is 40.0. The van der Waals surface area contributed by atoms with Crippen LogP contribution in [0.5, 0.6) is 5.75 Å². The van der Waals surface area contributed by atoms with E-state index in [4.69, 9.17) is 11.6 Å². The van der Waals surface area contributed by atoms with Crippen LogP contribution in [0, 0.1) is 6.92 Å². The van der Waals surface area contributed by atoms with Gasteiger partial charge in [-0.2, -0.15) is 23.4 Å². The number of nitrogens with zero attached hydrogens (tertiary/aromatic N) is 3. The van der Waals surface area contributed by atoms with Gasteiger partial charge >= 0.3 is 6.18 Å². The van der Waals surface area contributed by atoms with E-state index in [0.29, 0.717) is 11.3 Å². The second kappa shape index (κ2) is 7.96. The summed E-state index contributed by atoms with van der Waals surface area (Å²) in [6.07, 6.45) is -3.27. The van der Waals surface area contributed by atoms with Gasteiger partial charge in [-0.3, -0.25) is 4.79 Å². The molecule has 1 amide bonds. The van der Waals surface area contributed by atoms with Crippen molar-refractivity contribution in [2.45, 2.75) is 13.1 Å². The Morgan fingerprint density at radius 1 is 1.24 bits per heavy atom. The Morgan fingerprint density at radius 2 is 1.97 bits per heavy atom. The average Bonchev–Trinajstić information content (AvgIpc) is 2.96. The minimum atomic E-state index is -4.50. The number of aryl methyl sites for hydroxylation is 1. The van der Waals surface area contributed by atoms with Gasteiger partial charge in [0.1, 0.15) is 10.9 Å². The number of phenolic OH excluding ortho intramolecular Hbond substituents is 1. The molecule has 0 aliphatic heterocycles. The van der Waals surface area contributed by atoms with Crippen molar-refractivity contribution in [1.29, 1.82) is 0 Å². The van der Waals surface area contributed by atoms with E-state index in [1.807, 2.05) is 0 Å². The Bertz CT molecular complexity index is 1090. The molecule has 0 radical (unpaired) electrons. The molecule has 150 valence electrons. The summed E-state index contributed by atoms with van der Waals surface area (Å²) in [6.45, 7) is 1.60. The highest BCUT2D eigenvalue weighted by atomic mass is 35.5. The van der Waals surface area contributed by atoms with Crippen molar-refractivity contribution in [3.63, 3.8) is 0 Å². The standard InChI is InChI=1S/C19H14ClF3N4O2/c1-11-15(10-24-25-18(29)14-7-2-3-8-16(14)28)17(20)27(26-11)13-6-4-5-12(9-13)19(21,22)23/h2-10,28H,1H3,(H,25,29). The Hall–Kier alpha value is -3.33. The molecule has 1 aromatic heterocycles. The van der Waals surface area contributed by atoms with Crippen LogP contribution in [0.3, 0.4) is 0 Å². The van der Waals surface area contributed by atoms with Crippen molar-refractivity contribution < 1.29 is 23.1 Å². The summed E-state index contributed by atoms with van der Waals surface area (Å²) in [6, 6.07) is 10.5. The minimum Gasteiger partial charge on any atom is -0.507 e. The summed E-state index contributed by atoms with van der Waals surface area (Å²) in [7, 11) is 0. The van der Waals surface area contributed by atoms with Gasteiger partial charge in [-0.15, -0.1) is 0 Å². The first-order valence-electron chi connectivity index (χ1n) is 8.22. The monoisotopic (exact) mass is 422 g/mol. The molecule has 2 N–H and O–H groups in total. The molecule has 1 heterocycles. The maximum Gasteiger partial charge on any atom is 0.416 e. The van der Waals surface area contributed by atoms with Crippen LogP contribution in [-0.2, 0) is 6.18 Å². The summed E-state index contributed by atoms with van der Waals surface area (Å²) in [5.74, 6) is -0.842. The van der Waals surface area contributed by atoms with Gasteiger partial charge in [-0.25, -0.2) is 10.1 Å². The van der Waals surface area contributed by atoms with E-state index in [0.717, 1.165) is 16.8 Å². The number of hydrogen-bond donors (Lipinski definition) is 2. The zero-order chi connectivity index (χ0) is 21.2. The molecule has 0 spiro atoms. The lowest BCUT2D eigenvalue weighted by Gasteiger charge is -2.09. The third-order valence-corrected chi connectivity index (χ3v) is 4.34. The van der Waals surface area contributed by atoms with Gasteiger partial charge in [0, 0.05) is 0 Å². The van der Waals surface area contributed by atoms with Gasteiger partial charge in [0.05, 0.1) is 34.3 Å². The maximum absolute atomic E-state index is 12.9. The van der Waals surface area contributed by atoms with Crippen LogP contribution in [-0.4, -0.2) is 27.0 Å². The molecule has 0 aliphatic carbocycles. The van der Waals surface area contributed by atoms with E-state index in [-0.39, 0.29) is 22.2 Å². The lowest BCUT2D eigenvalue weighted by Crippen LogP contribution is -2.17. The number of halogens is 4. The van der Waals surface area contributed by atoms with Gasteiger partial charge in [0.15, 0.2) is 0 Å². The zero-order valence-corrected chi connectivity index (χ0v) is 15.7. The SMILES string of the molecule is Cc1nn(-c2cccc(C(F)(F)F)c2)c(Cl)c1C=NNC(=O)c1ccccc1O. The van der Waals surface area contributed by atoms with E-state index in [2.05, 4.69) is 15.6 Å². The van der Waals surface area contributed by atoms with E-state index < -0.39 is 17.6 Å². The summed E-state index contributed by atoms with van der Waals surface area (Å²) >= 11 is 6.26. The van der Waals surface area contributed by atoms with E-state index >= 15 is 0 Å². The molecule has 0 fully saturated rings. The summed E-state index contributed by atoms with van der Waals surface area (Å²) in [5, 5.41) is 17.6. The van der Waals surface area contributed by atoms with Gasteiger partial charge in [-0.05, 0) is 37.3 Å². The largest absolute Gasteiger partial charge is 0.507 e. The molecular weight excluding hydrogens is 409 g/mol. The molecule has 0 unspecified atom stereocenters. The van der Waals surface area contributed by atoms with Crippen LogP contribution in [0.4, 0.5) is 13.2 Å². The molecule has 3 rings (SSSR count). The van der Waals surface area contributed by atoms with Crippen molar-refractivity contribution in [3.8, 4) is 11.4 Å². The Labute approximate surface area is 168 Å². The van der Waals surface area contributed by atoms with Crippen molar-refractivity contribution in [1.82, 2.24) is 15.2 Å². The molecule has 0 bridgehead atoms. The predicted octanol–water partition coefficient (Wildman–Crippen LogP) is 4.32. The molecular formula is C19H14ClF3N4O2. The van der Waals surface area contributed by atoms with E-state index in [9.17, 15) is 23.1 Å². The fourth-order valence-electron chi connectivity index (χ4n) is 2.52. The van der Waals surface area contributed by atoms with Crippen LogP contribution < -0.4 is 5.43 Å². The Balaban J connectivity index is 1.84. The summed E-state index contributed by atoms with van der Waals surface area (Å²) in [5.41, 5.74) is 2.30. The number of alkyl halides is 3. The fourth-order valence-corrected chi connectivity index (χ4v) is 2.85. The van der Waals surface area contributed by atoms with Crippen LogP contribution >= 0.6 is 11.6 Å². The Morgan fingerprint density at radius 3 is 2.66 bits per heavy atom. The van der Waals surface area contributed by atoms with Crippen molar-refractivity contribution in [2.24, 2.45) is 5.10 Å². The van der Waals surface area contributed by atoms with Gasteiger partial charge in [0.2, 0.25) is 0 Å². The van der Waals surface area contributed by atoms with Crippen LogP contribution in [0.25, 0.3) is 5.69 Å². The van der Waals surface area contributed by atoms with Crippen LogP contribution in [0.1, 0.15) is 27.2 Å². The first kappa shape index (κ1) is 20.4. The smallest absolute Gasteiger partial charge is 0.416 e. The number of aromatic nitrogens is 2. The van der Waals surface area contributed by atoms with Crippen molar-refractivity contribution in [3.05, 3.63) is 76.1 Å². The minimum absolute atomic E-state index is 0.0300. The maximum atomic E-state index is 12.9. The molecule has 29 heavy (non-hydrogen) atoms. The number of hydrogen-bond acceptors (Lipinski definition) is 4. The molecule has 0 saturated carbocycles. The van der Waals surface area contributed by atoms with Gasteiger partial charge in [0.25, 0.3) is 5.91 Å². The van der Waals surface area contributed by atoms with Crippen LogP contribution in [0.2, 0.25) is 5.15 Å². The van der Waals surface area contributed by atoms with Crippen LogP contribution in [0.15, 0.2) is 53.6 Å². The number of amides is 1. The third kappa shape index (κ3) is 4.40. The second-order valence-electron chi connectivity index (χ2n) is 5.97. The van der Waals surface area contributed by atoms with Gasteiger partial charge in [-0.1, -0.05) is 29.8 Å². The van der Waals surface area contributed by atoms with Gasteiger partial charge < -0.3 is 5.11 Å². The topological polar surface area (TPSA) is 79.5 Å². The average molecular weight is 423 g/mol. The highest BCUT2D eigenvalue weighted by Gasteiger charge is 2.30. The first-order valence-corrected chi connectivity index (χ1v) is 8.60. The molecule has 3 aromatic rings. The number of carbonyl (C=O) groups excluding carboxylic acids is 1. The lowest BCUT2D eigenvalue weighted by molar-refractivity contribution is -0.137. The molecule has 0 atom stereocenters. The number of carbonyl (C=O) groups is 1. The predicted molar refractivity (Wildman–Crippen MR) is 101 cm³/mol. The van der Waals surface area contributed by atoms with Crippen molar-refractivity contribution >= 4 is 23.7 Å². The highest BCUT2D eigenvalue weighted by Crippen LogP contribution is 2.31. The number of para-hydroxylation sites is 1. The van der Waals surface area contributed by atoms with Crippen molar-refractivity contribution in [2.75, 3.05) is 0 Å². The third-order valence-electron chi connectivity index (χ3n) is 3.97. The summed E-state index contributed by atoms with van der Waals surface area (Å²) in [4.78, 5) is 12.0. The molecule has 6 nitrogen and oxygen atoms in total. The first-order chi connectivity index (χ1) is 13.7. The highest BCUT2D eigenvalue weighted by molar-refractivity contribution is 6.32. The number of phenols is 1. The quantitative estimate of drug-likeness (QED) is 0.485. The number of nitrogens with one attached hydrogen (secondary N) is 1. The van der Waals surface area contributed by atoms with E-state index in [1.165, 1.54) is 30.5 Å². The Kier molecular flexibility index (Phi) is 5.60. The second-order valence-corrected chi connectivity index (χ2v) is 6.32. The number of aromatic hydroxyl groups is 1. The number of rotatable bonds is 4. The molecule has 2 aromatic carbocycles. The fraction of sp³-hybridized carbons (Fsp3) is 0.105. The molecule has 0 saturated heterocycles. The molecule has 10 heteroatoms. The zero-order valence-electron chi connectivity index (χ0n) is 14.9. The normalized spacial score (nSPS) is 11.8. The molecule has 0 aliphatic rings.